The summed E-state index contributed by atoms with van der Waals surface area (Å²) >= 11 is 1.95. The number of thiophene rings is 1. The van der Waals surface area contributed by atoms with Gasteiger partial charge in [-0.2, -0.15) is 0 Å². The molecule has 1 aromatic rings. The standard InChI is InChI=1S/C14H24N2S/c1-11(2)15-9-13-7-8-14(17-13)10-16(3)12-5-4-6-12/h7-8,11-12,15H,4-6,9-10H2,1-3H3. The quantitative estimate of drug-likeness (QED) is 0.836. The largest absolute Gasteiger partial charge is 0.310 e. The minimum atomic E-state index is 0.568. The molecule has 0 bridgehead atoms. The van der Waals surface area contributed by atoms with Crippen LogP contribution in [0.25, 0.3) is 0 Å². The summed E-state index contributed by atoms with van der Waals surface area (Å²) in [6.07, 6.45) is 4.20. The van der Waals surface area contributed by atoms with Gasteiger partial charge in [0.25, 0.3) is 0 Å². The van der Waals surface area contributed by atoms with Crippen molar-refractivity contribution in [2.45, 2.75) is 58.3 Å². The molecule has 17 heavy (non-hydrogen) atoms. The fraction of sp³-hybridized carbons (Fsp3) is 0.714. The van der Waals surface area contributed by atoms with Gasteiger partial charge in [0.1, 0.15) is 0 Å². The normalized spacial score (nSPS) is 16.8. The molecule has 96 valence electrons. The number of hydrogen-bond donors (Lipinski definition) is 1. The first kappa shape index (κ1) is 13.1. The lowest BCUT2D eigenvalue weighted by Gasteiger charge is -2.34. The van der Waals surface area contributed by atoms with Gasteiger partial charge in [0.15, 0.2) is 0 Å². The molecule has 2 nitrogen and oxygen atoms in total. The maximum absolute atomic E-state index is 3.47. The molecule has 1 aliphatic carbocycles. The molecule has 3 heteroatoms. The van der Waals surface area contributed by atoms with Gasteiger partial charge in [-0.3, -0.25) is 4.90 Å². The van der Waals surface area contributed by atoms with Gasteiger partial charge in [0.2, 0.25) is 0 Å². The Balaban J connectivity index is 1.80. The fourth-order valence-electron chi connectivity index (χ4n) is 2.11. The molecule has 0 spiro atoms. The second kappa shape index (κ2) is 5.98. The minimum absolute atomic E-state index is 0.568. The van der Waals surface area contributed by atoms with Crippen LogP contribution in [0, 0.1) is 0 Å². The molecule has 0 amide bonds. The molecule has 1 heterocycles. The summed E-state index contributed by atoms with van der Waals surface area (Å²) in [5, 5.41) is 3.47. The Labute approximate surface area is 109 Å². The molecule has 2 rings (SSSR count). The Morgan fingerprint density at radius 1 is 1.35 bits per heavy atom. The van der Waals surface area contributed by atoms with Crippen molar-refractivity contribution in [2.24, 2.45) is 0 Å². The summed E-state index contributed by atoms with van der Waals surface area (Å²) in [4.78, 5) is 5.46. The van der Waals surface area contributed by atoms with Crippen LogP contribution < -0.4 is 5.32 Å². The molecule has 0 unspecified atom stereocenters. The lowest BCUT2D eigenvalue weighted by molar-refractivity contribution is 0.154. The molecule has 1 aliphatic rings. The first-order chi connectivity index (χ1) is 8.15. The molecule has 1 N–H and O–H groups in total. The molecule has 0 aromatic carbocycles. The van der Waals surface area contributed by atoms with Crippen LogP contribution in [-0.4, -0.2) is 24.0 Å². The van der Waals surface area contributed by atoms with Crippen molar-refractivity contribution in [1.82, 2.24) is 10.2 Å². The highest BCUT2D eigenvalue weighted by molar-refractivity contribution is 7.11. The number of rotatable bonds is 6. The van der Waals surface area contributed by atoms with Crippen LogP contribution in [0.5, 0.6) is 0 Å². The van der Waals surface area contributed by atoms with E-state index in [9.17, 15) is 0 Å². The van der Waals surface area contributed by atoms with Gasteiger partial charge in [-0.15, -0.1) is 11.3 Å². The van der Waals surface area contributed by atoms with Crippen LogP contribution in [-0.2, 0) is 13.1 Å². The van der Waals surface area contributed by atoms with E-state index in [4.69, 9.17) is 0 Å². The predicted molar refractivity (Wildman–Crippen MR) is 75.4 cm³/mol. The van der Waals surface area contributed by atoms with Crippen molar-refractivity contribution >= 4 is 11.3 Å². The van der Waals surface area contributed by atoms with E-state index in [2.05, 4.69) is 43.2 Å². The molecule has 1 fully saturated rings. The smallest absolute Gasteiger partial charge is 0.0327 e. The average Bonchev–Trinajstić information content (AvgIpc) is 2.59. The summed E-state index contributed by atoms with van der Waals surface area (Å²) in [6, 6.07) is 5.97. The summed E-state index contributed by atoms with van der Waals surface area (Å²) in [5.41, 5.74) is 0. The third kappa shape index (κ3) is 3.80. The second-order valence-corrected chi connectivity index (χ2v) is 6.66. The molecular weight excluding hydrogens is 228 g/mol. The SMILES string of the molecule is CC(C)NCc1ccc(CN(C)C2CCC2)s1. The van der Waals surface area contributed by atoms with Crippen LogP contribution >= 0.6 is 11.3 Å². The molecule has 0 radical (unpaired) electrons. The van der Waals surface area contributed by atoms with E-state index in [1.54, 1.807) is 0 Å². The van der Waals surface area contributed by atoms with Crippen molar-refractivity contribution in [1.29, 1.82) is 0 Å². The van der Waals surface area contributed by atoms with Crippen molar-refractivity contribution in [3.63, 3.8) is 0 Å². The average molecular weight is 252 g/mol. The topological polar surface area (TPSA) is 15.3 Å². The maximum atomic E-state index is 3.47. The number of nitrogens with zero attached hydrogens (tertiary/aromatic N) is 1. The van der Waals surface area contributed by atoms with Crippen molar-refractivity contribution < 1.29 is 0 Å². The molecule has 0 aliphatic heterocycles. The highest BCUT2D eigenvalue weighted by Crippen LogP contribution is 2.26. The van der Waals surface area contributed by atoms with E-state index in [1.807, 2.05) is 11.3 Å². The number of hydrogen-bond acceptors (Lipinski definition) is 3. The van der Waals surface area contributed by atoms with E-state index in [0.29, 0.717) is 6.04 Å². The maximum Gasteiger partial charge on any atom is 0.0327 e. The van der Waals surface area contributed by atoms with Crippen molar-refractivity contribution in [2.75, 3.05) is 7.05 Å². The van der Waals surface area contributed by atoms with Gasteiger partial charge < -0.3 is 5.32 Å². The summed E-state index contributed by atoms with van der Waals surface area (Å²) in [7, 11) is 2.26. The fourth-order valence-corrected chi connectivity index (χ4v) is 3.14. The van der Waals surface area contributed by atoms with Gasteiger partial charge in [0.05, 0.1) is 0 Å². The van der Waals surface area contributed by atoms with Gasteiger partial charge in [-0.25, -0.2) is 0 Å². The van der Waals surface area contributed by atoms with E-state index in [1.165, 1.54) is 29.0 Å². The molecular formula is C14H24N2S. The van der Waals surface area contributed by atoms with Crippen LogP contribution in [0.2, 0.25) is 0 Å². The molecule has 0 saturated heterocycles. The molecule has 0 atom stereocenters. The molecule has 1 aromatic heterocycles. The van der Waals surface area contributed by atoms with E-state index in [-0.39, 0.29) is 0 Å². The first-order valence-corrected chi connectivity index (χ1v) is 7.48. The van der Waals surface area contributed by atoms with E-state index < -0.39 is 0 Å². The van der Waals surface area contributed by atoms with Gasteiger partial charge in [-0.05, 0) is 32.0 Å². The van der Waals surface area contributed by atoms with Gasteiger partial charge >= 0.3 is 0 Å². The third-order valence-corrected chi connectivity index (χ3v) is 4.58. The highest BCUT2D eigenvalue weighted by atomic mass is 32.1. The van der Waals surface area contributed by atoms with Crippen molar-refractivity contribution in [3.05, 3.63) is 21.9 Å². The van der Waals surface area contributed by atoms with Crippen LogP contribution in [0.15, 0.2) is 12.1 Å². The zero-order valence-electron chi connectivity index (χ0n) is 11.2. The van der Waals surface area contributed by atoms with Gasteiger partial charge in [0, 0.05) is 34.9 Å². The van der Waals surface area contributed by atoms with E-state index in [0.717, 1.165) is 19.1 Å². The van der Waals surface area contributed by atoms with Gasteiger partial charge in [-0.1, -0.05) is 20.3 Å². The Morgan fingerprint density at radius 3 is 2.65 bits per heavy atom. The minimum Gasteiger partial charge on any atom is -0.310 e. The summed E-state index contributed by atoms with van der Waals surface area (Å²) in [6.45, 7) is 6.52. The first-order valence-electron chi connectivity index (χ1n) is 6.66. The Hall–Kier alpha value is -0.380. The molecule has 1 saturated carbocycles. The lowest BCUT2D eigenvalue weighted by Crippen LogP contribution is -2.36. The van der Waals surface area contributed by atoms with E-state index >= 15 is 0 Å². The monoisotopic (exact) mass is 252 g/mol. The van der Waals surface area contributed by atoms with Crippen LogP contribution in [0.1, 0.15) is 42.9 Å². The van der Waals surface area contributed by atoms with Crippen LogP contribution in [0.4, 0.5) is 0 Å². The number of nitrogens with one attached hydrogen (secondary N) is 1. The highest BCUT2D eigenvalue weighted by Gasteiger charge is 2.22. The Bertz CT molecular complexity index is 342. The zero-order chi connectivity index (χ0) is 12.3. The Kier molecular flexibility index (Phi) is 4.60. The summed E-state index contributed by atoms with van der Waals surface area (Å²) < 4.78 is 0. The second-order valence-electron chi connectivity index (χ2n) is 5.40. The van der Waals surface area contributed by atoms with Crippen molar-refractivity contribution in [3.8, 4) is 0 Å². The lowest BCUT2D eigenvalue weighted by atomic mass is 9.92. The Morgan fingerprint density at radius 2 is 2.06 bits per heavy atom. The predicted octanol–water partition coefficient (Wildman–Crippen LogP) is 3.23. The third-order valence-electron chi connectivity index (χ3n) is 3.51. The summed E-state index contributed by atoms with van der Waals surface area (Å²) in [5.74, 6) is 0. The zero-order valence-corrected chi connectivity index (χ0v) is 12.0. The van der Waals surface area contributed by atoms with Crippen LogP contribution in [0.3, 0.4) is 0 Å².